The van der Waals surface area contributed by atoms with E-state index in [0.717, 1.165) is 22.7 Å². The number of ether oxygens (including phenoxy) is 4. The topological polar surface area (TPSA) is 82.2 Å². The number of halogens is 3. The van der Waals surface area contributed by atoms with Crippen molar-refractivity contribution < 1.29 is 36.9 Å². The van der Waals surface area contributed by atoms with Crippen molar-refractivity contribution in [2.75, 3.05) is 32.9 Å². The highest BCUT2D eigenvalue weighted by molar-refractivity contribution is 7.13. The van der Waals surface area contributed by atoms with Crippen LogP contribution in [0.2, 0.25) is 0 Å². The summed E-state index contributed by atoms with van der Waals surface area (Å²) in [6.45, 7) is 1.51. The van der Waals surface area contributed by atoms with Crippen molar-refractivity contribution in [2.24, 2.45) is 0 Å². The first kappa shape index (κ1) is 24.7. The van der Waals surface area contributed by atoms with Gasteiger partial charge in [-0.05, 0) is 12.0 Å². The van der Waals surface area contributed by atoms with E-state index in [0.29, 0.717) is 39.1 Å². The Bertz CT molecular complexity index is 936. The van der Waals surface area contributed by atoms with Gasteiger partial charge in [-0.1, -0.05) is 41.7 Å². The molecule has 1 fully saturated rings. The first-order valence-electron chi connectivity index (χ1n) is 10.9. The van der Waals surface area contributed by atoms with Gasteiger partial charge in [0.1, 0.15) is 6.61 Å². The number of rotatable bonds is 8. The predicted molar refractivity (Wildman–Crippen MR) is 117 cm³/mol. The van der Waals surface area contributed by atoms with Crippen LogP contribution < -0.4 is 10.1 Å². The summed E-state index contributed by atoms with van der Waals surface area (Å²) in [5.74, 6) is 0. The van der Waals surface area contributed by atoms with Crippen LogP contribution in [0.1, 0.15) is 22.6 Å². The lowest BCUT2D eigenvalue weighted by atomic mass is 10.2. The van der Waals surface area contributed by atoms with Crippen LogP contribution in [-0.4, -0.2) is 67.4 Å². The van der Waals surface area contributed by atoms with Gasteiger partial charge in [0.05, 0.1) is 24.9 Å². The molecular weight excluding hydrogens is 475 g/mol. The standard InChI is InChI=1S/C22H26F3N3O5S/c23-22(24,25)14-33-21-27-17-10-28(8-6-18(17)34-21)9-7-19-30-12-16(13-31-19)26-20(29)32-11-15-4-2-1-3-5-15/h1-5,16,19H,6-14H2,(H,26,29)/t16-,19+. The zero-order chi connectivity index (χ0) is 24.0. The maximum Gasteiger partial charge on any atom is 0.422 e. The quantitative estimate of drug-likeness (QED) is 0.593. The first-order valence-corrected chi connectivity index (χ1v) is 11.8. The van der Waals surface area contributed by atoms with Crippen LogP contribution in [0.4, 0.5) is 18.0 Å². The van der Waals surface area contributed by atoms with Crippen molar-refractivity contribution in [3.63, 3.8) is 0 Å². The number of thiazole rings is 1. The number of benzene rings is 1. The molecule has 1 aromatic heterocycles. The number of alkyl halides is 3. The normalized spacial score (nSPS) is 21.0. The number of amides is 1. The molecule has 0 bridgehead atoms. The Labute approximate surface area is 199 Å². The molecule has 0 unspecified atom stereocenters. The van der Waals surface area contributed by atoms with Gasteiger partial charge in [0.25, 0.3) is 5.19 Å². The minimum Gasteiger partial charge on any atom is -0.460 e. The molecule has 2 aliphatic heterocycles. The molecular formula is C22H26F3N3O5S. The van der Waals surface area contributed by atoms with Gasteiger partial charge in [-0.25, -0.2) is 9.78 Å². The molecule has 3 heterocycles. The van der Waals surface area contributed by atoms with Gasteiger partial charge < -0.3 is 24.3 Å². The molecule has 2 aromatic rings. The molecule has 0 radical (unpaired) electrons. The van der Waals surface area contributed by atoms with Gasteiger partial charge in [0.15, 0.2) is 12.9 Å². The third-order valence-electron chi connectivity index (χ3n) is 5.33. The van der Waals surface area contributed by atoms with Crippen molar-refractivity contribution in [3.8, 4) is 5.19 Å². The molecule has 0 aliphatic carbocycles. The highest BCUT2D eigenvalue weighted by atomic mass is 32.1. The summed E-state index contributed by atoms with van der Waals surface area (Å²) in [5, 5.41) is 2.80. The van der Waals surface area contributed by atoms with Gasteiger partial charge in [-0.2, -0.15) is 13.2 Å². The number of carbonyl (C=O) groups is 1. The molecule has 4 rings (SSSR count). The Morgan fingerprint density at radius 3 is 2.74 bits per heavy atom. The van der Waals surface area contributed by atoms with Crippen molar-refractivity contribution in [1.82, 2.24) is 15.2 Å². The molecule has 1 saturated heterocycles. The Balaban J connectivity index is 1.13. The minimum absolute atomic E-state index is 0.0592. The molecule has 2 aliphatic rings. The van der Waals surface area contributed by atoms with Gasteiger partial charge in [-0.3, -0.25) is 4.90 Å². The van der Waals surface area contributed by atoms with Crippen LogP contribution in [0.15, 0.2) is 30.3 Å². The van der Waals surface area contributed by atoms with E-state index in [1.807, 2.05) is 30.3 Å². The number of hydrogen-bond donors (Lipinski definition) is 1. The number of aromatic nitrogens is 1. The molecule has 8 nitrogen and oxygen atoms in total. The van der Waals surface area contributed by atoms with Crippen LogP contribution in [0, 0.1) is 0 Å². The summed E-state index contributed by atoms with van der Waals surface area (Å²) < 4.78 is 58.5. The highest BCUT2D eigenvalue weighted by Crippen LogP contribution is 2.31. The lowest BCUT2D eigenvalue weighted by Gasteiger charge is -2.32. The van der Waals surface area contributed by atoms with E-state index in [-0.39, 0.29) is 24.1 Å². The fourth-order valence-corrected chi connectivity index (χ4v) is 4.54. The van der Waals surface area contributed by atoms with Crippen LogP contribution >= 0.6 is 11.3 Å². The number of carbonyl (C=O) groups excluding carboxylic acids is 1. The third kappa shape index (κ3) is 7.55. The van der Waals surface area contributed by atoms with E-state index in [1.54, 1.807) is 0 Å². The maximum atomic E-state index is 12.3. The van der Waals surface area contributed by atoms with E-state index in [4.69, 9.17) is 18.9 Å². The Kier molecular flexibility index (Phi) is 8.24. The van der Waals surface area contributed by atoms with E-state index >= 15 is 0 Å². The second kappa shape index (κ2) is 11.3. The largest absolute Gasteiger partial charge is 0.460 e. The number of fused-ring (bicyclic) bond motifs is 1. The lowest BCUT2D eigenvalue weighted by molar-refractivity contribution is -0.192. The van der Waals surface area contributed by atoms with Crippen molar-refractivity contribution in [3.05, 3.63) is 46.5 Å². The molecule has 1 amide bonds. The predicted octanol–water partition coefficient (Wildman–Crippen LogP) is 3.50. The van der Waals surface area contributed by atoms with E-state index in [1.165, 1.54) is 11.3 Å². The van der Waals surface area contributed by atoms with E-state index in [9.17, 15) is 18.0 Å². The third-order valence-corrected chi connectivity index (χ3v) is 6.40. The Hall–Kier alpha value is -2.41. The molecule has 0 saturated carbocycles. The fourth-order valence-electron chi connectivity index (χ4n) is 3.64. The summed E-state index contributed by atoms with van der Waals surface area (Å²) in [7, 11) is 0. The maximum absolute atomic E-state index is 12.3. The number of nitrogens with one attached hydrogen (secondary N) is 1. The summed E-state index contributed by atoms with van der Waals surface area (Å²) in [6.07, 6.45) is -3.95. The van der Waals surface area contributed by atoms with Gasteiger partial charge in [0, 0.05) is 30.9 Å². The second-order valence-corrected chi connectivity index (χ2v) is 9.11. The molecule has 0 atom stereocenters. The summed E-state index contributed by atoms with van der Waals surface area (Å²) in [6, 6.07) is 9.12. The Morgan fingerprint density at radius 1 is 1.24 bits per heavy atom. The zero-order valence-electron chi connectivity index (χ0n) is 18.4. The highest BCUT2D eigenvalue weighted by Gasteiger charge is 2.30. The average molecular weight is 502 g/mol. The van der Waals surface area contributed by atoms with E-state index in [2.05, 4.69) is 15.2 Å². The molecule has 1 aromatic carbocycles. The number of alkyl carbamates (subject to hydrolysis) is 1. The first-order chi connectivity index (χ1) is 16.3. The monoisotopic (exact) mass is 501 g/mol. The Morgan fingerprint density at radius 2 is 2.00 bits per heavy atom. The average Bonchev–Trinajstić information content (AvgIpc) is 3.24. The second-order valence-electron chi connectivity index (χ2n) is 8.07. The SMILES string of the molecule is O=C(N[C@H]1CO[C@@H](CCN2CCc3sc(OCC(F)(F)F)nc3C2)OC1)OCc1ccccc1. The summed E-state index contributed by atoms with van der Waals surface area (Å²) >= 11 is 1.18. The van der Waals surface area contributed by atoms with Gasteiger partial charge in [0.2, 0.25) is 0 Å². The fraction of sp³-hybridized carbons (Fsp3) is 0.545. The number of nitrogens with zero attached hydrogens (tertiary/aromatic N) is 2. The minimum atomic E-state index is -4.38. The molecule has 1 N–H and O–H groups in total. The van der Waals surface area contributed by atoms with E-state index < -0.39 is 18.9 Å². The smallest absolute Gasteiger partial charge is 0.422 e. The molecule has 12 heteroatoms. The molecule has 34 heavy (non-hydrogen) atoms. The van der Waals surface area contributed by atoms with Crippen molar-refractivity contribution in [1.29, 1.82) is 0 Å². The van der Waals surface area contributed by atoms with Crippen LogP contribution in [-0.2, 0) is 33.8 Å². The van der Waals surface area contributed by atoms with Crippen molar-refractivity contribution in [2.45, 2.75) is 44.5 Å². The molecule has 0 spiro atoms. The van der Waals surface area contributed by atoms with Crippen LogP contribution in [0.5, 0.6) is 5.19 Å². The summed E-state index contributed by atoms with van der Waals surface area (Å²) in [4.78, 5) is 19.3. The van der Waals surface area contributed by atoms with Crippen LogP contribution in [0.3, 0.4) is 0 Å². The lowest BCUT2D eigenvalue weighted by Crippen LogP contribution is -2.47. The van der Waals surface area contributed by atoms with Crippen LogP contribution in [0.25, 0.3) is 0 Å². The van der Waals surface area contributed by atoms with Gasteiger partial charge >= 0.3 is 12.3 Å². The van der Waals surface area contributed by atoms with Gasteiger partial charge in [-0.15, -0.1) is 0 Å². The zero-order valence-corrected chi connectivity index (χ0v) is 19.2. The van der Waals surface area contributed by atoms with Crippen molar-refractivity contribution >= 4 is 17.4 Å². The molecule has 186 valence electrons. The summed E-state index contributed by atoms with van der Waals surface area (Å²) in [5.41, 5.74) is 1.67. The number of hydrogen-bond acceptors (Lipinski definition) is 8.